The van der Waals surface area contributed by atoms with E-state index in [0.717, 1.165) is 15.8 Å². The van der Waals surface area contributed by atoms with Crippen LogP contribution in [0.25, 0.3) is 10.2 Å². The minimum Gasteiger partial charge on any atom is -0.497 e. The van der Waals surface area contributed by atoms with Crippen molar-refractivity contribution in [3.8, 4) is 11.5 Å². The zero-order valence-corrected chi connectivity index (χ0v) is 15.6. The number of carbonyl (C=O) groups is 1. The highest BCUT2D eigenvalue weighted by Crippen LogP contribution is 2.30. The highest BCUT2D eigenvalue weighted by atomic mass is 32.1. The molecule has 1 unspecified atom stereocenters. The van der Waals surface area contributed by atoms with Gasteiger partial charge < -0.3 is 14.3 Å². The third-order valence-corrected chi connectivity index (χ3v) is 5.16. The number of methoxy groups -OCH3 is 2. The maximum absolute atomic E-state index is 12.5. The summed E-state index contributed by atoms with van der Waals surface area (Å²) in [7, 11) is 3.17. The average molecular weight is 383 g/mol. The van der Waals surface area contributed by atoms with E-state index < -0.39 is 6.10 Å². The Bertz CT molecular complexity index is 998. The van der Waals surface area contributed by atoms with Crippen molar-refractivity contribution in [3.63, 3.8) is 0 Å². The molecule has 1 amide bonds. The van der Waals surface area contributed by atoms with Gasteiger partial charge in [-0.15, -0.1) is 0 Å². The SMILES string of the molecule is COc1ccc(C2=NOC(C(=O)Nc3nc4ccccc4s3)C2)c(OC)c1. The van der Waals surface area contributed by atoms with Gasteiger partial charge in [-0.25, -0.2) is 4.98 Å². The van der Waals surface area contributed by atoms with Crippen LogP contribution in [-0.2, 0) is 9.63 Å². The number of hydrogen-bond acceptors (Lipinski definition) is 7. The summed E-state index contributed by atoms with van der Waals surface area (Å²) in [6, 6.07) is 13.1. The number of fused-ring (bicyclic) bond motifs is 1. The molecule has 1 N–H and O–H groups in total. The fourth-order valence-electron chi connectivity index (χ4n) is 2.83. The van der Waals surface area contributed by atoms with Crippen LogP contribution in [-0.4, -0.2) is 36.9 Å². The Morgan fingerprint density at radius 1 is 1.22 bits per heavy atom. The first-order valence-electron chi connectivity index (χ1n) is 8.29. The lowest BCUT2D eigenvalue weighted by Gasteiger charge is -2.10. The van der Waals surface area contributed by atoms with Gasteiger partial charge in [-0.05, 0) is 24.3 Å². The minimum atomic E-state index is -0.709. The molecule has 0 saturated heterocycles. The maximum atomic E-state index is 12.5. The fraction of sp³-hybridized carbons (Fsp3) is 0.211. The Hall–Kier alpha value is -3.13. The second-order valence-corrected chi connectivity index (χ2v) is 6.91. The Kier molecular flexibility index (Phi) is 4.64. The van der Waals surface area contributed by atoms with Crippen LogP contribution >= 0.6 is 11.3 Å². The molecule has 1 aromatic heterocycles. The van der Waals surface area contributed by atoms with Gasteiger partial charge in [0.25, 0.3) is 5.91 Å². The molecule has 0 spiro atoms. The normalized spacial score (nSPS) is 15.9. The summed E-state index contributed by atoms with van der Waals surface area (Å²) in [6.07, 6.45) is -0.363. The molecular weight excluding hydrogens is 366 g/mol. The Morgan fingerprint density at radius 2 is 2.07 bits per heavy atom. The van der Waals surface area contributed by atoms with Gasteiger partial charge >= 0.3 is 0 Å². The van der Waals surface area contributed by atoms with E-state index in [2.05, 4.69) is 15.5 Å². The third-order valence-electron chi connectivity index (χ3n) is 4.20. The molecule has 0 fully saturated rings. The van der Waals surface area contributed by atoms with Crippen LogP contribution < -0.4 is 14.8 Å². The summed E-state index contributed by atoms with van der Waals surface area (Å²) in [4.78, 5) is 22.3. The lowest BCUT2D eigenvalue weighted by atomic mass is 10.0. The van der Waals surface area contributed by atoms with Crippen molar-refractivity contribution >= 4 is 38.3 Å². The second-order valence-electron chi connectivity index (χ2n) is 5.88. The number of nitrogens with zero attached hydrogens (tertiary/aromatic N) is 2. The smallest absolute Gasteiger partial charge is 0.270 e. The van der Waals surface area contributed by atoms with Crippen LogP contribution in [0.15, 0.2) is 47.6 Å². The van der Waals surface area contributed by atoms with E-state index in [1.54, 1.807) is 20.3 Å². The number of aromatic nitrogens is 1. The molecule has 1 atom stereocenters. The quantitative estimate of drug-likeness (QED) is 0.730. The van der Waals surface area contributed by atoms with E-state index in [4.69, 9.17) is 14.3 Å². The largest absolute Gasteiger partial charge is 0.497 e. The van der Waals surface area contributed by atoms with Crippen LogP contribution in [0.5, 0.6) is 11.5 Å². The highest BCUT2D eigenvalue weighted by Gasteiger charge is 2.30. The van der Waals surface area contributed by atoms with Crippen molar-refractivity contribution < 1.29 is 19.1 Å². The van der Waals surface area contributed by atoms with Crippen molar-refractivity contribution in [1.82, 2.24) is 4.98 Å². The summed E-state index contributed by atoms with van der Waals surface area (Å²) < 4.78 is 11.6. The standard InChI is InChI=1S/C19H17N3O4S/c1-24-11-7-8-12(15(9-11)25-2)14-10-16(26-22-14)18(23)21-19-20-13-5-3-4-6-17(13)27-19/h3-9,16H,10H2,1-2H3,(H,20,21,23). The zero-order valence-electron chi connectivity index (χ0n) is 14.8. The van der Waals surface area contributed by atoms with Crippen LogP contribution in [0.3, 0.4) is 0 Å². The van der Waals surface area contributed by atoms with Gasteiger partial charge in [0.05, 0.1) is 30.1 Å². The van der Waals surface area contributed by atoms with Gasteiger partial charge in [0.2, 0.25) is 6.10 Å². The number of para-hydroxylation sites is 1. The number of thiazole rings is 1. The molecule has 0 saturated carbocycles. The molecule has 3 aromatic rings. The molecule has 1 aliphatic heterocycles. The molecule has 0 bridgehead atoms. The highest BCUT2D eigenvalue weighted by molar-refractivity contribution is 7.22. The topological polar surface area (TPSA) is 82.0 Å². The third kappa shape index (κ3) is 3.43. The van der Waals surface area contributed by atoms with Crippen LogP contribution in [0.4, 0.5) is 5.13 Å². The molecule has 0 radical (unpaired) electrons. The van der Waals surface area contributed by atoms with E-state index in [9.17, 15) is 4.79 Å². The number of oxime groups is 1. The van der Waals surface area contributed by atoms with Gasteiger partial charge in [-0.1, -0.05) is 28.6 Å². The first-order valence-corrected chi connectivity index (χ1v) is 9.11. The Balaban J connectivity index is 1.46. The number of anilines is 1. The molecular formula is C19H17N3O4S. The van der Waals surface area contributed by atoms with Crippen LogP contribution in [0, 0.1) is 0 Å². The summed E-state index contributed by atoms with van der Waals surface area (Å²) in [6.45, 7) is 0. The predicted molar refractivity (Wildman–Crippen MR) is 104 cm³/mol. The summed E-state index contributed by atoms with van der Waals surface area (Å²) >= 11 is 1.42. The first-order chi connectivity index (χ1) is 13.2. The second kappa shape index (κ2) is 7.24. The number of rotatable bonds is 5. The molecule has 138 valence electrons. The number of ether oxygens (including phenoxy) is 2. The number of hydrogen-bond donors (Lipinski definition) is 1. The molecule has 4 rings (SSSR count). The molecule has 2 aromatic carbocycles. The van der Waals surface area contributed by atoms with Crippen LogP contribution in [0.2, 0.25) is 0 Å². The van der Waals surface area contributed by atoms with Gasteiger partial charge in [-0.3, -0.25) is 10.1 Å². The molecule has 0 aliphatic carbocycles. The lowest BCUT2D eigenvalue weighted by Crippen LogP contribution is -2.28. The molecule has 7 nitrogen and oxygen atoms in total. The molecule has 27 heavy (non-hydrogen) atoms. The van der Waals surface area contributed by atoms with E-state index in [1.807, 2.05) is 36.4 Å². The van der Waals surface area contributed by atoms with Crippen LogP contribution in [0.1, 0.15) is 12.0 Å². The number of nitrogens with one attached hydrogen (secondary N) is 1. The monoisotopic (exact) mass is 383 g/mol. The zero-order chi connectivity index (χ0) is 18.8. The Labute approximate surface area is 159 Å². The fourth-order valence-corrected chi connectivity index (χ4v) is 3.69. The van der Waals surface area contributed by atoms with Crippen molar-refractivity contribution in [1.29, 1.82) is 0 Å². The molecule has 2 heterocycles. The summed E-state index contributed by atoms with van der Waals surface area (Å²) in [5.41, 5.74) is 2.28. The van der Waals surface area contributed by atoms with Crippen molar-refractivity contribution in [2.45, 2.75) is 12.5 Å². The average Bonchev–Trinajstić information content (AvgIpc) is 3.34. The predicted octanol–water partition coefficient (Wildman–Crippen LogP) is 3.45. The number of amides is 1. The molecule has 8 heteroatoms. The van der Waals surface area contributed by atoms with Crippen molar-refractivity contribution in [2.24, 2.45) is 5.16 Å². The van der Waals surface area contributed by atoms with E-state index >= 15 is 0 Å². The Morgan fingerprint density at radius 3 is 2.85 bits per heavy atom. The lowest BCUT2D eigenvalue weighted by molar-refractivity contribution is -0.125. The van der Waals surface area contributed by atoms with E-state index in [0.29, 0.717) is 28.8 Å². The van der Waals surface area contributed by atoms with Gasteiger partial charge in [-0.2, -0.15) is 0 Å². The minimum absolute atomic E-state index is 0.278. The summed E-state index contributed by atoms with van der Waals surface area (Å²) in [5, 5.41) is 7.43. The number of carbonyl (C=O) groups excluding carboxylic acids is 1. The first kappa shape index (κ1) is 17.3. The van der Waals surface area contributed by atoms with E-state index in [1.165, 1.54) is 11.3 Å². The van der Waals surface area contributed by atoms with Crippen molar-refractivity contribution in [2.75, 3.05) is 19.5 Å². The number of benzene rings is 2. The van der Waals surface area contributed by atoms with E-state index in [-0.39, 0.29) is 5.91 Å². The van der Waals surface area contributed by atoms with Crippen molar-refractivity contribution in [3.05, 3.63) is 48.0 Å². The van der Waals surface area contributed by atoms with Gasteiger partial charge in [0.15, 0.2) is 5.13 Å². The summed E-state index contributed by atoms with van der Waals surface area (Å²) in [5.74, 6) is 1.02. The van der Waals surface area contributed by atoms with Gasteiger partial charge in [0.1, 0.15) is 11.5 Å². The maximum Gasteiger partial charge on any atom is 0.270 e. The van der Waals surface area contributed by atoms with Gasteiger partial charge in [0, 0.05) is 18.1 Å². The molecule has 1 aliphatic rings.